The molecule has 4 rings (SSSR count). The molecular weight excluding hydrogens is 451 g/mol. The molecule has 1 N–H and O–H groups in total. The molecule has 1 aliphatic rings. The van der Waals surface area contributed by atoms with Crippen LogP contribution in [0.3, 0.4) is 0 Å². The molecular formula is C21H23IN4O. The Morgan fingerprint density at radius 2 is 1.85 bits per heavy atom. The first kappa shape index (κ1) is 18.4. The van der Waals surface area contributed by atoms with Gasteiger partial charge >= 0.3 is 0 Å². The third-order valence-electron chi connectivity index (χ3n) is 5.35. The van der Waals surface area contributed by atoms with E-state index in [1.165, 1.54) is 0 Å². The van der Waals surface area contributed by atoms with Crippen LogP contribution in [0.25, 0.3) is 22.3 Å². The van der Waals surface area contributed by atoms with Crippen LogP contribution >= 0.6 is 22.6 Å². The number of hydrogen-bond acceptors (Lipinski definition) is 5. The molecule has 1 fully saturated rings. The van der Waals surface area contributed by atoms with Gasteiger partial charge in [0.2, 0.25) is 0 Å². The van der Waals surface area contributed by atoms with E-state index in [4.69, 9.17) is 9.97 Å². The van der Waals surface area contributed by atoms with Crippen molar-refractivity contribution >= 4 is 39.3 Å². The van der Waals surface area contributed by atoms with Crippen LogP contribution in [-0.4, -0.2) is 53.2 Å². The van der Waals surface area contributed by atoms with Crippen molar-refractivity contribution in [2.24, 2.45) is 0 Å². The fourth-order valence-electron chi connectivity index (χ4n) is 3.69. The van der Waals surface area contributed by atoms with Crippen LogP contribution < -0.4 is 4.90 Å². The maximum Gasteiger partial charge on any atom is 0.165 e. The molecule has 0 aliphatic carbocycles. The van der Waals surface area contributed by atoms with Gasteiger partial charge in [0.05, 0.1) is 11.1 Å². The number of hydrogen-bond donors (Lipinski definition) is 1. The zero-order chi connectivity index (χ0) is 19.0. The summed E-state index contributed by atoms with van der Waals surface area (Å²) >= 11 is 2.31. The summed E-state index contributed by atoms with van der Waals surface area (Å²) in [6.45, 7) is 2.20. The Morgan fingerprint density at radius 1 is 1.11 bits per heavy atom. The Morgan fingerprint density at radius 3 is 2.59 bits per heavy atom. The van der Waals surface area contributed by atoms with Crippen molar-refractivity contribution in [3.05, 3.63) is 46.0 Å². The summed E-state index contributed by atoms with van der Waals surface area (Å²) in [5.74, 6) is 1.71. The van der Waals surface area contributed by atoms with Crippen molar-refractivity contribution in [2.75, 3.05) is 32.1 Å². The van der Waals surface area contributed by atoms with E-state index in [0.717, 1.165) is 46.2 Å². The monoisotopic (exact) mass is 474 g/mol. The van der Waals surface area contributed by atoms with Gasteiger partial charge in [0.25, 0.3) is 0 Å². The van der Waals surface area contributed by atoms with Crippen molar-refractivity contribution in [1.29, 1.82) is 0 Å². The highest BCUT2D eigenvalue weighted by Crippen LogP contribution is 2.33. The number of anilines is 1. The number of phenolic OH excluding ortho intramolecular Hbond substituents is 1. The molecule has 3 aromatic rings. The third kappa shape index (κ3) is 3.73. The fourth-order valence-corrected chi connectivity index (χ4v) is 4.17. The number of likely N-dealkylation sites (tertiary alicyclic amines) is 1. The predicted molar refractivity (Wildman–Crippen MR) is 118 cm³/mol. The summed E-state index contributed by atoms with van der Waals surface area (Å²) in [6, 6.07) is 14.0. The van der Waals surface area contributed by atoms with E-state index in [9.17, 15) is 5.11 Å². The SMILES string of the molecule is CN1CCC(N(C)c2nc(-c3ccccc3O)nc3cc(I)ccc23)CC1. The molecule has 1 saturated heterocycles. The molecule has 2 heterocycles. The summed E-state index contributed by atoms with van der Waals surface area (Å²) in [5.41, 5.74) is 1.57. The van der Waals surface area contributed by atoms with Gasteiger partial charge in [0.15, 0.2) is 5.82 Å². The molecule has 140 valence electrons. The number of benzene rings is 2. The molecule has 0 radical (unpaired) electrons. The minimum Gasteiger partial charge on any atom is -0.507 e. The van der Waals surface area contributed by atoms with Gasteiger partial charge in [-0.1, -0.05) is 12.1 Å². The smallest absolute Gasteiger partial charge is 0.165 e. The van der Waals surface area contributed by atoms with Crippen molar-refractivity contribution in [1.82, 2.24) is 14.9 Å². The van der Waals surface area contributed by atoms with Gasteiger partial charge in [-0.15, -0.1) is 0 Å². The predicted octanol–water partition coefficient (Wildman–Crippen LogP) is 4.14. The van der Waals surface area contributed by atoms with Gasteiger partial charge in [-0.2, -0.15) is 0 Å². The fraction of sp³-hybridized carbons (Fsp3) is 0.333. The molecule has 5 nitrogen and oxygen atoms in total. The minimum absolute atomic E-state index is 0.204. The molecule has 0 unspecified atom stereocenters. The number of aromatic nitrogens is 2. The Bertz CT molecular complexity index is 970. The van der Waals surface area contributed by atoms with E-state index in [2.05, 4.69) is 64.7 Å². The van der Waals surface area contributed by atoms with Crippen molar-refractivity contribution in [3.8, 4) is 17.1 Å². The quantitative estimate of drug-likeness (QED) is 0.579. The molecule has 1 aliphatic heterocycles. The molecule has 6 heteroatoms. The number of halogens is 1. The number of nitrogens with zero attached hydrogens (tertiary/aromatic N) is 4. The largest absolute Gasteiger partial charge is 0.507 e. The third-order valence-corrected chi connectivity index (χ3v) is 6.02. The Balaban J connectivity index is 1.84. The normalized spacial score (nSPS) is 16.0. The first-order valence-electron chi connectivity index (χ1n) is 9.20. The van der Waals surface area contributed by atoms with Crippen LogP contribution in [0.4, 0.5) is 5.82 Å². The number of rotatable bonds is 3. The summed E-state index contributed by atoms with van der Waals surface area (Å²) < 4.78 is 1.13. The van der Waals surface area contributed by atoms with Crippen LogP contribution in [0, 0.1) is 3.57 Å². The van der Waals surface area contributed by atoms with Crippen LogP contribution in [0.1, 0.15) is 12.8 Å². The lowest BCUT2D eigenvalue weighted by molar-refractivity contribution is 0.252. The van der Waals surface area contributed by atoms with E-state index in [1.807, 2.05) is 18.2 Å². The number of piperidine rings is 1. The standard InChI is InChI=1S/C21H23IN4O/c1-25-11-9-15(10-12-25)26(2)21-16-8-7-14(22)13-18(16)23-20(24-21)17-5-3-4-6-19(17)27/h3-8,13,15,27H,9-12H2,1-2H3. The highest BCUT2D eigenvalue weighted by atomic mass is 127. The van der Waals surface area contributed by atoms with Crippen molar-refractivity contribution in [3.63, 3.8) is 0 Å². The second kappa shape index (κ2) is 7.59. The Hall–Kier alpha value is -1.93. The number of phenols is 1. The van der Waals surface area contributed by atoms with E-state index >= 15 is 0 Å². The molecule has 2 aromatic carbocycles. The molecule has 0 bridgehead atoms. The lowest BCUT2D eigenvalue weighted by Gasteiger charge is -2.36. The summed E-state index contributed by atoms with van der Waals surface area (Å²) in [4.78, 5) is 14.3. The van der Waals surface area contributed by atoms with Crippen LogP contribution in [0.5, 0.6) is 5.75 Å². The second-order valence-corrected chi connectivity index (χ2v) is 8.44. The van der Waals surface area contributed by atoms with Crippen molar-refractivity contribution in [2.45, 2.75) is 18.9 Å². The van der Waals surface area contributed by atoms with Crippen LogP contribution in [-0.2, 0) is 0 Å². The van der Waals surface area contributed by atoms with E-state index < -0.39 is 0 Å². The van der Waals surface area contributed by atoms with E-state index in [0.29, 0.717) is 17.4 Å². The number of fused-ring (bicyclic) bond motifs is 1. The lowest BCUT2D eigenvalue weighted by Crippen LogP contribution is -2.42. The number of para-hydroxylation sites is 1. The van der Waals surface area contributed by atoms with Crippen molar-refractivity contribution < 1.29 is 5.11 Å². The van der Waals surface area contributed by atoms with Gasteiger partial charge in [-0.25, -0.2) is 9.97 Å². The first-order chi connectivity index (χ1) is 13.0. The Labute approximate surface area is 173 Å². The zero-order valence-corrected chi connectivity index (χ0v) is 17.7. The molecule has 0 atom stereocenters. The minimum atomic E-state index is 0.204. The van der Waals surface area contributed by atoms with Gasteiger partial charge in [0, 0.05) is 22.0 Å². The highest BCUT2D eigenvalue weighted by molar-refractivity contribution is 14.1. The van der Waals surface area contributed by atoms with Crippen LogP contribution in [0.15, 0.2) is 42.5 Å². The van der Waals surface area contributed by atoms with E-state index in [1.54, 1.807) is 6.07 Å². The maximum absolute atomic E-state index is 10.3. The summed E-state index contributed by atoms with van der Waals surface area (Å²) in [6.07, 6.45) is 2.24. The summed E-state index contributed by atoms with van der Waals surface area (Å²) in [5, 5.41) is 11.3. The molecule has 0 spiro atoms. The average Bonchev–Trinajstić information content (AvgIpc) is 2.67. The highest BCUT2D eigenvalue weighted by Gasteiger charge is 2.24. The molecule has 0 amide bonds. The molecule has 0 saturated carbocycles. The lowest BCUT2D eigenvalue weighted by atomic mass is 10.0. The van der Waals surface area contributed by atoms with Gasteiger partial charge in [0.1, 0.15) is 11.6 Å². The molecule has 27 heavy (non-hydrogen) atoms. The van der Waals surface area contributed by atoms with E-state index in [-0.39, 0.29) is 5.75 Å². The van der Waals surface area contributed by atoms with Crippen LogP contribution in [0.2, 0.25) is 0 Å². The average molecular weight is 474 g/mol. The second-order valence-electron chi connectivity index (χ2n) is 7.19. The summed E-state index contributed by atoms with van der Waals surface area (Å²) in [7, 11) is 4.30. The molecule has 1 aromatic heterocycles. The van der Waals surface area contributed by atoms with Gasteiger partial charge in [-0.3, -0.25) is 0 Å². The van der Waals surface area contributed by atoms with Gasteiger partial charge in [-0.05, 0) is 85.9 Å². The first-order valence-corrected chi connectivity index (χ1v) is 10.3. The number of aromatic hydroxyl groups is 1. The Kier molecular flexibility index (Phi) is 5.19. The topological polar surface area (TPSA) is 52.5 Å². The maximum atomic E-state index is 10.3. The zero-order valence-electron chi connectivity index (χ0n) is 15.6. The van der Waals surface area contributed by atoms with Gasteiger partial charge < -0.3 is 14.9 Å².